The van der Waals surface area contributed by atoms with E-state index in [9.17, 15) is 4.79 Å². The molecule has 0 aromatic heterocycles. The summed E-state index contributed by atoms with van der Waals surface area (Å²) in [6, 6.07) is 0. The monoisotopic (exact) mass is 254 g/mol. The molecule has 0 aromatic carbocycles. The molecular formula is C15H26OS. The van der Waals surface area contributed by atoms with E-state index < -0.39 is 0 Å². The van der Waals surface area contributed by atoms with Gasteiger partial charge in [-0.2, -0.15) is 11.8 Å². The van der Waals surface area contributed by atoms with Gasteiger partial charge in [0.05, 0.1) is 0 Å². The lowest BCUT2D eigenvalue weighted by Gasteiger charge is -2.03. The highest BCUT2D eigenvalue weighted by atomic mass is 32.2. The van der Waals surface area contributed by atoms with Crippen LogP contribution in [0.5, 0.6) is 0 Å². The number of unbranched alkanes of at least 4 members (excludes halogenated alkanes) is 2. The van der Waals surface area contributed by atoms with E-state index in [1.807, 2.05) is 0 Å². The van der Waals surface area contributed by atoms with Crippen LogP contribution >= 0.6 is 11.8 Å². The molecule has 0 amide bonds. The van der Waals surface area contributed by atoms with Gasteiger partial charge in [0.2, 0.25) is 0 Å². The zero-order valence-electron chi connectivity index (χ0n) is 11.2. The second-order valence-corrected chi connectivity index (χ2v) is 5.47. The van der Waals surface area contributed by atoms with Crippen LogP contribution in [0.3, 0.4) is 0 Å². The quantitative estimate of drug-likeness (QED) is 0.303. The molecule has 0 heterocycles. The first-order chi connectivity index (χ1) is 8.31. The van der Waals surface area contributed by atoms with Crippen molar-refractivity contribution in [1.29, 1.82) is 0 Å². The van der Waals surface area contributed by atoms with Crippen LogP contribution in [0.2, 0.25) is 0 Å². The summed E-state index contributed by atoms with van der Waals surface area (Å²) in [5, 5.41) is 0. The van der Waals surface area contributed by atoms with Crippen LogP contribution < -0.4 is 0 Å². The van der Waals surface area contributed by atoms with Crippen molar-refractivity contribution in [2.75, 3.05) is 11.5 Å². The zero-order chi connectivity index (χ0) is 12.8. The normalized spacial score (nSPS) is 13.5. The fourth-order valence-corrected chi connectivity index (χ4v) is 2.09. The Morgan fingerprint density at radius 1 is 1.24 bits per heavy atom. The third-order valence-corrected chi connectivity index (χ3v) is 3.46. The molecule has 0 spiro atoms. The van der Waals surface area contributed by atoms with Gasteiger partial charge in [-0.25, -0.2) is 0 Å². The predicted molar refractivity (Wildman–Crippen MR) is 79.6 cm³/mol. The van der Waals surface area contributed by atoms with Gasteiger partial charge in [0.25, 0.3) is 0 Å². The molecule has 0 rings (SSSR count). The zero-order valence-corrected chi connectivity index (χ0v) is 12.0. The van der Waals surface area contributed by atoms with Gasteiger partial charge in [-0.05, 0) is 24.5 Å². The third kappa shape index (κ3) is 13.4. The minimum absolute atomic E-state index is 0.623. The Labute approximate surface area is 111 Å². The molecule has 0 aliphatic carbocycles. The number of rotatable bonds is 11. The van der Waals surface area contributed by atoms with Crippen LogP contribution in [0, 0.1) is 5.92 Å². The number of hydrogen-bond donors (Lipinski definition) is 0. The molecule has 0 bridgehead atoms. The fourth-order valence-electron chi connectivity index (χ4n) is 1.52. The smallest absolute Gasteiger partial charge is 0.129 e. The average molecular weight is 254 g/mol. The highest BCUT2D eigenvalue weighted by molar-refractivity contribution is 7.99. The fraction of sp³-hybridized carbons (Fsp3) is 0.667. The number of carbonyl (C=O) groups is 1. The lowest BCUT2D eigenvalue weighted by molar-refractivity contribution is -0.105. The maximum atomic E-state index is 10.1. The predicted octanol–water partition coefficient (Wildman–Crippen LogP) is 4.64. The molecule has 0 fully saturated rings. The summed E-state index contributed by atoms with van der Waals surface area (Å²) >= 11 is 1.69. The molecule has 0 radical (unpaired) electrons. The summed E-state index contributed by atoms with van der Waals surface area (Å²) in [5.41, 5.74) is 0. The third-order valence-electron chi connectivity index (χ3n) is 2.56. The SMILES string of the molecule is CCCCCC(C)/C=C/C=C/CCSCC=O. The van der Waals surface area contributed by atoms with Gasteiger partial charge < -0.3 is 4.79 Å². The van der Waals surface area contributed by atoms with E-state index in [2.05, 4.69) is 38.2 Å². The largest absolute Gasteiger partial charge is 0.302 e. The second kappa shape index (κ2) is 13.6. The Bertz CT molecular complexity index is 221. The first-order valence-corrected chi connectivity index (χ1v) is 7.81. The van der Waals surface area contributed by atoms with Crippen LogP contribution in [0.4, 0.5) is 0 Å². The van der Waals surface area contributed by atoms with Crippen LogP contribution in [0.25, 0.3) is 0 Å². The van der Waals surface area contributed by atoms with E-state index >= 15 is 0 Å². The molecule has 1 unspecified atom stereocenters. The molecule has 0 aromatic rings. The Morgan fingerprint density at radius 3 is 2.76 bits per heavy atom. The minimum Gasteiger partial charge on any atom is -0.302 e. The summed E-state index contributed by atoms with van der Waals surface area (Å²) in [7, 11) is 0. The summed E-state index contributed by atoms with van der Waals surface area (Å²) in [6.45, 7) is 4.52. The van der Waals surface area contributed by atoms with Crippen molar-refractivity contribution in [1.82, 2.24) is 0 Å². The molecule has 98 valence electrons. The summed E-state index contributed by atoms with van der Waals surface area (Å²) in [6.07, 6.45) is 16.0. The number of allylic oxidation sites excluding steroid dienone is 4. The highest BCUT2D eigenvalue weighted by Crippen LogP contribution is 2.10. The number of aldehydes is 1. The first kappa shape index (κ1) is 16.5. The highest BCUT2D eigenvalue weighted by Gasteiger charge is 1.94. The molecule has 1 nitrogen and oxygen atoms in total. The molecule has 0 saturated carbocycles. The van der Waals surface area contributed by atoms with Crippen LogP contribution in [0.1, 0.15) is 46.0 Å². The van der Waals surface area contributed by atoms with E-state index in [0.717, 1.165) is 18.5 Å². The van der Waals surface area contributed by atoms with Crippen molar-refractivity contribution in [2.24, 2.45) is 5.92 Å². The standard InChI is InChI=1S/C15H26OS/c1-3-4-7-10-15(2)11-8-5-6-9-13-17-14-12-16/h5-6,8,11-12,15H,3-4,7,9-10,13-14H2,1-2H3/b6-5+,11-8+. The molecule has 0 aliphatic rings. The van der Waals surface area contributed by atoms with Crippen LogP contribution in [-0.4, -0.2) is 17.8 Å². The lowest BCUT2D eigenvalue weighted by atomic mass is 10.0. The van der Waals surface area contributed by atoms with Gasteiger partial charge >= 0.3 is 0 Å². The molecule has 17 heavy (non-hydrogen) atoms. The van der Waals surface area contributed by atoms with Gasteiger partial charge in [0, 0.05) is 5.75 Å². The van der Waals surface area contributed by atoms with E-state index in [4.69, 9.17) is 0 Å². The topological polar surface area (TPSA) is 17.1 Å². The maximum absolute atomic E-state index is 10.1. The van der Waals surface area contributed by atoms with Crippen LogP contribution in [-0.2, 0) is 4.79 Å². The number of thioether (sulfide) groups is 1. The molecule has 0 aliphatic heterocycles. The number of carbonyl (C=O) groups excluding carboxylic acids is 1. The van der Waals surface area contributed by atoms with Gasteiger partial charge in [0.15, 0.2) is 0 Å². The van der Waals surface area contributed by atoms with E-state index in [1.54, 1.807) is 11.8 Å². The molecule has 0 saturated heterocycles. The van der Waals surface area contributed by atoms with Gasteiger partial charge in [-0.1, -0.05) is 57.4 Å². The van der Waals surface area contributed by atoms with E-state index in [1.165, 1.54) is 25.7 Å². The Kier molecular flexibility index (Phi) is 13.2. The Hall–Kier alpha value is -0.500. The molecule has 1 atom stereocenters. The second-order valence-electron chi connectivity index (χ2n) is 4.32. The van der Waals surface area contributed by atoms with E-state index in [0.29, 0.717) is 11.7 Å². The van der Waals surface area contributed by atoms with Crippen LogP contribution in [0.15, 0.2) is 24.3 Å². The maximum Gasteiger partial charge on any atom is 0.129 e. The minimum atomic E-state index is 0.623. The van der Waals surface area contributed by atoms with E-state index in [-0.39, 0.29) is 0 Å². The molecule has 2 heteroatoms. The van der Waals surface area contributed by atoms with Crippen molar-refractivity contribution in [3.63, 3.8) is 0 Å². The van der Waals surface area contributed by atoms with Gasteiger partial charge in [-0.15, -0.1) is 0 Å². The summed E-state index contributed by atoms with van der Waals surface area (Å²) in [5.74, 6) is 2.35. The Balaban J connectivity index is 3.43. The van der Waals surface area contributed by atoms with Crippen molar-refractivity contribution in [3.8, 4) is 0 Å². The molecule has 0 N–H and O–H groups in total. The first-order valence-electron chi connectivity index (χ1n) is 6.66. The average Bonchev–Trinajstić information content (AvgIpc) is 2.33. The molecular weight excluding hydrogens is 228 g/mol. The van der Waals surface area contributed by atoms with Crippen molar-refractivity contribution in [3.05, 3.63) is 24.3 Å². The van der Waals surface area contributed by atoms with Crippen molar-refractivity contribution in [2.45, 2.75) is 46.0 Å². The summed E-state index contributed by atoms with van der Waals surface area (Å²) < 4.78 is 0. The lowest BCUT2D eigenvalue weighted by Crippen LogP contribution is -1.88. The van der Waals surface area contributed by atoms with Gasteiger partial charge in [0.1, 0.15) is 6.29 Å². The Morgan fingerprint density at radius 2 is 2.06 bits per heavy atom. The van der Waals surface area contributed by atoms with Crippen molar-refractivity contribution < 1.29 is 4.79 Å². The summed E-state index contributed by atoms with van der Waals surface area (Å²) in [4.78, 5) is 10.1. The number of hydrogen-bond acceptors (Lipinski definition) is 2. The van der Waals surface area contributed by atoms with Gasteiger partial charge in [-0.3, -0.25) is 0 Å². The van der Waals surface area contributed by atoms with Crippen molar-refractivity contribution >= 4 is 18.0 Å².